The quantitative estimate of drug-likeness (QED) is 0.786. The van der Waals surface area contributed by atoms with E-state index in [2.05, 4.69) is 0 Å². The van der Waals surface area contributed by atoms with Crippen LogP contribution < -0.4 is 0 Å². The fourth-order valence-corrected chi connectivity index (χ4v) is 1.94. The smallest absolute Gasteiger partial charge is 0.303 e. The van der Waals surface area contributed by atoms with Crippen LogP contribution in [0.5, 0.6) is 0 Å². The number of carboxylic acid groups (broad SMARTS) is 1. The third-order valence-electron chi connectivity index (χ3n) is 2.74. The van der Waals surface area contributed by atoms with Crippen molar-refractivity contribution >= 4 is 11.8 Å². The molecule has 84 valence electrons. The van der Waals surface area contributed by atoms with Crippen molar-refractivity contribution in [2.24, 2.45) is 0 Å². The minimum absolute atomic E-state index is 0.0626. The van der Waals surface area contributed by atoms with Crippen molar-refractivity contribution in [2.45, 2.75) is 25.7 Å². The zero-order chi connectivity index (χ0) is 11.5. The van der Waals surface area contributed by atoms with Crippen LogP contribution in [0, 0.1) is 0 Å². The van der Waals surface area contributed by atoms with Crippen molar-refractivity contribution in [2.75, 3.05) is 0 Å². The maximum Gasteiger partial charge on any atom is 0.303 e. The average Bonchev–Trinajstić information content (AvgIpc) is 2.69. The molecule has 0 radical (unpaired) electrons. The van der Waals surface area contributed by atoms with E-state index in [9.17, 15) is 9.59 Å². The number of Topliss-reactive ketones (excluding diaryl/α,β-unsaturated/α-hetero) is 1. The van der Waals surface area contributed by atoms with Crippen LogP contribution >= 0.6 is 0 Å². The predicted molar refractivity (Wildman–Crippen MR) is 56.4 cm³/mol. The van der Waals surface area contributed by atoms with E-state index in [4.69, 9.17) is 9.84 Å². The first-order chi connectivity index (χ1) is 7.68. The number of rotatable bonds is 4. The highest BCUT2D eigenvalue weighted by Crippen LogP contribution is 2.35. The fourth-order valence-electron chi connectivity index (χ4n) is 1.94. The minimum Gasteiger partial charge on any atom is -0.481 e. The van der Waals surface area contributed by atoms with Crippen molar-refractivity contribution in [3.05, 3.63) is 35.3 Å². The average molecular weight is 220 g/mol. The van der Waals surface area contributed by atoms with Gasteiger partial charge in [0.05, 0.1) is 18.9 Å². The van der Waals surface area contributed by atoms with E-state index in [1.54, 1.807) is 12.3 Å². The molecule has 1 heterocycles. The molecule has 0 unspecified atom stereocenters. The molecular formula is C12H12O4. The number of allylic oxidation sites excluding steroid dienone is 4. The molecule has 4 heteroatoms. The third kappa shape index (κ3) is 2.05. The number of ketones is 1. The van der Waals surface area contributed by atoms with Gasteiger partial charge in [-0.05, 0) is 30.1 Å². The maximum atomic E-state index is 11.8. The summed E-state index contributed by atoms with van der Waals surface area (Å²) in [5, 5.41) is 8.52. The summed E-state index contributed by atoms with van der Waals surface area (Å²) < 4.78 is 5.03. The van der Waals surface area contributed by atoms with Crippen LogP contribution in [-0.4, -0.2) is 16.9 Å². The molecule has 2 aliphatic rings. The topological polar surface area (TPSA) is 63.6 Å². The molecule has 0 saturated carbocycles. The van der Waals surface area contributed by atoms with E-state index in [-0.39, 0.29) is 18.6 Å². The van der Waals surface area contributed by atoms with Crippen LogP contribution in [0.3, 0.4) is 0 Å². The number of aliphatic carboxylic acids is 1. The van der Waals surface area contributed by atoms with Crippen LogP contribution in [0.2, 0.25) is 0 Å². The molecule has 0 amide bonds. The molecule has 0 atom stereocenters. The van der Waals surface area contributed by atoms with Gasteiger partial charge in [0.1, 0.15) is 0 Å². The summed E-state index contributed by atoms with van der Waals surface area (Å²) in [6.45, 7) is 0. The molecule has 0 spiro atoms. The van der Waals surface area contributed by atoms with Crippen LogP contribution in [0.15, 0.2) is 35.3 Å². The summed E-state index contributed by atoms with van der Waals surface area (Å²) in [5.74, 6) is -0.998. The summed E-state index contributed by atoms with van der Waals surface area (Å²) in [6.07, 6.45) is 6.42. The van der Waals surface area contributed by atoms with Crippen LogP contribution in [0.4, 0.5) is 0 Å². The highest BCUT2D eigenvalue weighted by atomic mass is 16.5. The Morgan fingerprint density at radius 2 is 2.12 bits per heavy atom. The second-order valence-corrected chi connectivity index (χ2v) is 3.79. The minimum atomic E-state index is -0.935. The van der Waals surface area contributed by atoms with E-state index in [0.29, 0.717) is 6.42 Å². The van der Waals surface area contributed by atoms with E-state index in [1.165, 1.54) is 6.26 Å². The predicted octanol–water partition coefficient (Wildman–Crippen LogP) is 1.94. The Labute approximate surface area is 92.9 Å². The Morgan fingerprint density at radius 1 is 1.31 bits per heavy atom. The highest BCUT2D eigenvalue weighted by molar-refractivity contribution is 5.99. The van der Waals surface area contributed by atoms with Crippen LogP contribution in [0.1, 0.15) is 25.7 Å². The SMILES string of the molecule is O=C(O)CCC(=O)C1=C2C=COC=C2CC1. The molecule has 0 saturated heterocycles. The molecule has 0 aromatic rings. The van der Waals surface area contributed by atoms with Gasteiger partial charge in [-0.3, -0.25) is 9.59 Å². The lowest BCUT2D eigenvalue weighted by Crippen LogP contribution is -2.06. The second kappa shape index (κ2) is 4.35. The van der Waals surface area contributed by atoms with Gasteiger partial charge in [-0.15, -0.1) is 0 Å². The monoisotopic (exact) mass is 220 g/mol. The van der Waals surface area contributed by atoms with E-state index >= 15 is 0 Å². The second-order valence-electron chi connectivity index (χ2n) is 3.79. The van der Waals surface area contributed by atoms with Crippen molar-refractivity contribution in [3.63, 3.8) is 0 Å². The molecule has 0 aromatic carbocycles. The molecule has 0 fully saturated rings. The van der Waals surface area contributed by atoms with Gasteiger partial charge in [-0.25, -0.2) is 0 Å². The lowest BCUT2D eigenvalue weighted by molar-refractivity contribution is -0.138. The van der Waals surface area contributed by atoms with Gasteiger partial charge in [0.25, 0.3) is 0 Å². The number of ether oxygens (including phenoxy) is 1. The normalized spacial score (nSPS) is 17.9. The standard InChI is InChI=1S/C12H12O4/c13-11(3-4-12(14)15)10-2-1-8-7-16-6-5-9(8)10/h5-7H,1-4H2,(H,14,15). The first-order valence-corrected chi connectivity index (χ1v) is 5.18. The van der Waals surface area contributed by atoms with E-state index in [1.807, 2.05) is 0 Å². The molecular weight excluding hydrogens is 208 g/mol. The number of carbonyl (C=O) groups is 2. The zero-order valence-electron chi connectivity index (χ0n) is 8.73. The van der Waals surface area contributed by atoms with Gasteiger partial charge in [0, 0.05) is 12.0 Å². The van der Waals surface area contributed by atoms with Crippen molar-refractivity contribution < 1.29 is 19.4 Å². The first-order valence-electron chi connectivity index (χ1n) is 5.18. The van der Waals surface area contributed by atoms with Gasteiger partial charge in [0.15, 0.2) is 5.78 Å². The Kier molecular flexibility index (Phi) is 2.90. The molecule has 0 aromatic heterocycles. The van der Waals surface area contributed by atoms with Crippen LogP contribution in [0.25, 0.3) is 0 Å². The van der Waals surface area contributed by atoms with Gasteiger partial charge >= 0.3 is 5.97 Å². The Hall–Kier alpha value is -1.84. The molecule has 1 aliphatic carbocycles. The van der Waals surface area contributed by atoms with E-state index < -0.39 is 5.97 Å². The molecule has 4 nitrogen and oxygen atoms in total. The largest absolute Gasteiger partial charge is 0.481 e. The van der Waals surface area contributed by atoms with Crippen molar-refractivity contribution in [3.8, 4) is 0 Å². The molecule has 1 aliphatic heterocycles. The van der Waals surface area contributed by atoms with Crippen molar-refractivity contribution in [1.29, 1.82) is 0 Å². The number of hydrogen-bond donors (Lipinski definition) is 1. The Bertz CT molecular complexity index is 426. The highest BCUT2D eigenvalue weighted by Gasteiger charge is 2.24. The van der Waals surface area contributed by atoms with Gasteiger partial charge in [-0.2, -0.15) is 0 Å². The van der Waals surface area contributed by atoms with Crippen LogP contribution in [-0.2, 0) is 14.3 Å². The van der Waals surface area contributed by atoms with E-state index in [0.717, 1.165) is 23.1 Å². The fraction of sp³-hybridized carbons (Fsp3) is 0.333. The lowest BCUT2D eigenvalue weighted by atomic mass is 10.0. The number of carboxylic acids is 1. The molecule has 1 N–H and O–H groups in total. The number of carbonyl (C=O) groups excluding carboxylic acids is 1. The molecule has 2 rings (SSSR count). The number of fused-ring (bicyclic) bond motifs is 1. The summed E-state index contributed by atoms with van der Waals surface area (Å²) in [6, 6.07) is 0. The summed E-state index contributed by atoms with van der Waals surface area (Å²) in [7, 11) is 0. The van der Waals surface area contributed by atoms with Gasteiger partial charge in [0.2, 0.25) is 0 Å². The Morgan fingerprint density at radius 3 is 2.88 bits per heavy atom. The molecule has 0 bridgehead atoms. The summed E-state index contributed by atoms with van der Waals surface area (Å²) in [4.78, 5) is 22.2. The van der Waals surface area contributed by atoms with Gasteiger partial charge in [-0.1, -0.05) is 0 Å². The maximum absolute atomic E-state index is 11.8. The zero-order valence-corrected chi connectivity index (χ0v) is 8.73. The molecule has 16 heavy (non-hydrogen) atoms. The van der Waals surface area contributed by atoms with Gasteiger partial charge < -0.3 is 9.84 Å². The summed E-state index contributed by atoms with van der Waals surface area (Å²) >= 11 is 0. The first kappa shape index (κ1) is 10.7. The Balaban J connectivity index is 2.12. The summed E-state index contributed by atoms with van der Waals surface area (Å²) in [5.41, 5.74) is 2.69. The lowest BCUT2D eigenvalue weighted by Gasteiger charge is -2.06. The van der Waals surface area contributed by atoms with Crippen molar-refractivity contribution in [1.82, 2.24) is 0 Å². The third-order valence-corrected chi connectivity index (χ3v) is 2.74. The number of hydrogen-bond acceptors (Lipinski definition) is 3.